The summed E-state index contributed by atoms with van der Waals surface area (Å²) in [4.78, 5) is 0. The van der Waals surface area contributed by atoms with E-state index in [-0.39, 0.29) is 0 Å². The molecule has 0 aliphatic carbocycles. The van der Waals surface area contributed by atoms with Crippen molar-refractivity contribution in [2.45, 2.75) is 13.3 Å². The Balaban J connectivity index is 2.40. The predicted octanol–water partition coefficient (Wildman–Crippen LogP) is 3.46. The third-order valence-electron chi connectivity index (χ3n) is 1.89. The third kappa shape index (κ3) is 4.07. The van der Waals surface area contributed by atoms with E-state index < -0.39 is 0 Å². The van der Waals surface area contributed by atoms with E-state index in [0.717, 1.165) is 17.6 Å². The standard InChI is InChI=1S/C12H16BrN/c1-2-9-14-10-5-7-11-6-3-4-8-12(11)13/h3-8,14H,2,9-10H2,1H3. The van der Waals surface area contributed by atoms with Gasteiger partial charge >= 0.3 is 0 Å². The van der Waals surface area contributed by atoms with Gasteiger partial charge in [-0.3, -0.25) is 0 Å². The van der Waals surface area contributed by atoms with Crippen LogP contribution in [0.5, 0.6) is 0 Å². The molecule has 76 valence electrons. The largest absolute Gasteiger partial charge is 0.313 e. The van der Waals surface area contributed by atoms with Gasteiger partial charge in [0, 0.05) is 11.0 Å². The highest BCUT2D eigenvalue weighted by Gasteiger charge is 1.91. The second-order valence-electron chi connectivity index (χ2n) is 3.13. The quantitative estimate of drug-likeness (QED) is 0.793. The van der Waals surface area contributed by atoms with E-state index in [9.17, 15) is 0 Å². The van der Waals surface area contributed by atoms with E-state index in [1.165, 1.54) is 12.0 Å². The zero-order chi connectivity index (χ0) is 10.2. The summed E-state index contributed by atoms with van der Waals surface area (Å²) in [6.45, 7) is 4.19. The molecule has 0 amide bonds. The fourth-order valence-electron chi connectivity index (χ4n) is 1.16. The van der Waals surface area contributed by atoms with Gasteiger partial charge in [0.25, 0.3) is 0 Å². The Morgan fingerprint density at radius 2 is 2.14 bits per heavy atom. The fourth-order valence-corrected chi connectivity index (χ4v) is 1.58. The molecule has 1 aromatic rings. The monoisotopic (exact) mass is 253 g/mol. The van der Waals surface area contributed by atoms with Gasteiger partial charge in [0.05, 0.1) is 0 Å². The van der Waals surface area contributed by atoms with Crippen molar-refractivity contribution in [1.29, 1.82) is 0 Å². The van der Waals surface area contributed by atoms with Crippen LogP contribution in [-0.2, 0) is 0 Å². The first-order valence-electron chi connectivity index (χ1n) is 4.96. The number of hydrogen-bond donors (Lipinski definition) is 1. The van der Waals surface area contributed by atoms with Crippen LogP contribution in [-0.4, -0.2) is 13.1 Å². The van der Waals surface area contributed by atoms with Crippen LogP contribution in [0.4, 0.5) is 0 Å². The molecule has 0 spiro atoms. The minimum Gasteiger partial charge on any atom is -0.313 e. The second-order valence-corrected chi connectivity index (χ2v) is 3.98. The van der Waals surface area contributed by atoms with Crippen LogP contribution >= 0.6 is 15.9 Å². The van der Waals surface area contributed by atoms with Gasteiger partial charge in [-0.05, 0) is 24.6 Å². The van der Waals surface area contributed by atoms with Gasteiger partial charge in [0.1, 0.15) is 0 Å². The molecule has 1 rings (SSSR count). The lowest BCUT2D eigenvalue weighted by atomic mass is 10.2. The Bertz CT molecular complexity index is 294. The van der Waals surface area contributed by atoms with E-state index in [0.29, 0.717) is 0 Å². The Morgan fingerprint density at radius 3 is 2.86 bits per heavy atom. The summed E-state index contributed by atoms with van der Waals surface area (Å²) in [7, 11) is 0. The molecule has 2 heteroatoms. The van der Waals surface area contributed by atoms with Crippen molar-refractivity contribution in [1.82, 2.24) is 5.32 Å². The molecule has 0 aliphatic heterocycles. The van der Waals surface area contributed by atoms with Crippen molar-refractivity contribution >= 4 is 22.0 Å². The number of rotatable bonds is 5. The number of benzene rings is 1. The van der Waals surface area contributed by atoms with Crippen LogP contribution in [0.1, 0.15) is 18.9 Å². The molecule has 0 radical (unpaired) electrons. The summed E-state index contributed by atoms with van der Waals surface area (Å²) in [5.41, 5.74) is 1.23. The summed E-state index contributed by atoms with van der Waals surface area (Å²) in [5.74, 6) is 0. The van der Waals surface area contributed by atoms with Crippen molar-refractivity contribution in [2.75, 3.05) is 13.1 Å². The lowest BCUT2D eigenvalue weighted by molar-refractivity contribution is 0.730. The van der Waals surface area contributed by atoms with Gasteiger partial charge in [0.2, 0.25) is 0 Å². The zero-order valence-corrected chi connectivity index (χ0v) is 10.0. The maximum atomic E-state index is 3.51. The normalized spacial score (nSPS) is 11.0. The van der Waals surface area contributed by atoms with Crippen molar-refractivity contribution < 1.29 is 0 Å². The molecule has 0 aliphatic rings. The lowest BCUT2D eigenvalue weighted by Gasteiger charge is -1.98. The van der Waals surface area contributed by atoms with Crippen LogP contribution in [0, 0.1) is 0 Å². The van der Waals surface area contributed by atoms with Crippen molar-refractivity contribution in [3.05, 3.63) is 40.4 Å². The van der Waals surface area contributed by atoms with Gasteiger partial charge in [-0.25, -0.2) is 0 Å². The maximum Gasteiger partial charge on any atom is 0.0247 e. The average molecular weight is 254 g/mol. The van der Waals surface area contributed by atoms with Crippen LogP contribution in [0.25, 0.3) is 6.08 Å². The molecular formula is C12H16BrN. The van der Waals surface area contributed by atoms with Crippen LogP contribution in [0.15, 0.2) is 34.8 Å². The van der Waals surface area contributed by atoms with Gasteiger partial charge in [-0.2, -0.15) is 0 Å². The molecule has 0 saturated carbocycles. The molecule has 0 saturated heterocycles. The Morgan fingerprint density at radius 1 is 1.36 bits per heavy atom. The molecule has 0 heterocycles. The third-order valence-corrected chi connectivity index (χ3v) is 2.61. The van der Waals surface area contributed by atoms with E-state index in [4.69, 9.17) is 0 Å². The average Bonchev–Trinajstić information content (AvgIpc) is 2.20. The van der Waals surface area contributed by atoms with Crippen LogP contribution in [0.2, 0.25) is 0 Å². The zero-order valence-electron chi connectivity index (χ0n) is 8.46. The van der Waals surface area contributed by atoms with Crippen molar-refractivity contribution in [3.63, 3.8) is 0 Å². The van der Waals surface area contributed by atoms with Gasteiger partial charge in [0.15, 0.2) is 0 Å². The first-order valence-corrected chi connectivity index (χ1v) is 5.75. The lowest BCUT2D eigenvalue weighted by Crippen LogP contribution is -2.13. The van der Waals surface area contributed by atoms with Gasteiger partial charge in [-0.15, -0.1) is 0 Å². The first-order chi connectivity index (χ1) is 6.84. The summed E-state index contributed by atoms with van der Waals surface area (Å²) < 4.78 is 1.15. The molecule has 0 fully saturated rings. The van der Waals surface area contributed by atoms with E-state index in [1.54, 1.807) is 0 Å². The Hall–Kier alpha value is -0.600. The smallest absolute Gasteiger partial charge is 0.0247 e. The minimum atomic E-state index is 0.940. The molecule has 1 aromatic carbocycles. The fraction of sp³-hybridized carbons (Fsp3) is 0.333. The van der Waals surface area contributed by atoms with Crippen LogP contribution in [0.3, 0.4) is 0 Å². The summed E-state index contributed by atoms with van der Waals surface area (Å²) in [6, 6.07) is 8.22. The molecular weight excluding hydrogens is 238 g/mol. The summed E-state index contributed by atoms with van der Waals surface area (Å²) in [5, 5.41) is 3.32. The van der Waals surface area contributed by atoms with Crippen molar-refractivity contribution in [3.8, 4) is 0 Å². The molecule has 1 N–H and O–H groups in total. The second kappa shape index (κ2) is 6.80. The summed E-state index contributed by atoms with van der Waals surface area (Å²) in [6.07, 6.45) is 5.46. The Kier molecular flexibility index (Phi) is 5.57. The number of halogens is 1. The molecule has 0 atom stereocenters. The van der Waals surface area contributed by atoms with Crippen LogP contribution < -0.4 is 5.32 Å². The Labute approximate surface area is 94.3 Å². The highest BCUT2D eigenvalue weighted by molar-refractivity contribution is 9.10. The van der Waals surface area contributed by atoms with Gasteiger partial charge in [-0.1, -0.05) is 53.2 Å². The number of nitrogens with one attached hydrogen (secondary N) is 1. The first kappa shape index (κ1) is 11.5. The van der Waals surface area contributed by atoms with Crippen molar-refractivity contribution in [2.24, 2.45) is 0 Å². The molecule has 0 aromatic heterocycles. The SMILES string of the molecule is CCCNCC=Cc1ccccc1Br. The molecule has 0 unspecified atom stereocenters. The molecule has 0 bridgehead atoms. The van der Waals surface area contributed by atoms with E-state index in [2.05, 4.69) is 52.5 Å². The highest BCUT2D eigenvalue weighted by atomic mass is 79.9. The molecule has 1 nitrogen and oxygen atoms in total. The number of hydrogen-bond acceptors (Lipinski definition) is 1. The van der Waals surface area contributed by atoms with E-state index in [1.807, 2.05) is 12.1 Å². The predicted molar refractivity (Wildman–Crippen MR) is 66.3 cm³/mol. The van der Waals surface area contributed by atoms with E-state index >= 15 is 0 Å². The topological polar surface area (TPSA) is 12.0 Å². The summed E-state index contributed by atoms with van der Waals surface area (Å²) >= 11 is 3.51. The maximum absolute atomic E-state index is 3.51. The highest BCUT2D eigenvalue weighted by Crippen LogP contribution is 2.16. The molecule has 14 heavy (non-hydrogen) atoms. The minimum absolute atomic E-state index is 0.940. The van der Waals surface area contributed by atoms with Gasteiger partial charge < -0.3 is 5.32 Å².